The second-order valence-corrected chi connectivity index (χ2v) is 5.66. The van der Waals surface area contributed by atoms with E-state index >= 15 is 0 Å². The van der Waals surface area contributed by atoms with E-state index in [1.165, 1.54) is 25.7 Å². The van der Waals surface area contributed by atoms with E-state index in [1.807, 2.05) is 0 Å². The molecule has 1 rings (SSSR count). The fourth-order valence-corrected chi connectivity index (χ4v) is 2.45. The van der Waals surface area contributed by atoms with Gasteiger partial charge in [0, 0.05) is 19.6 Å². The first-order valence-electron chi connectivity index (χ1n) is 6.66. The fourth-order valence-electron chi connectivity index (χ4n) is 2.18. The Balaban J connectivity index is 2.33. The third kappa shape index (κ3) is 4.69. The minimum absolute atomic E-state index is 0.660. The summed E-state index contributed by atoms with van der Waals surface area (Å²) in [5.41, 5.74) is 0. The molecule has 0 radical (unpaired) electrons. The molecular weight excluding hydrogens is 216 g/mol. The molecule has 1 heterocycles. The molecule has 0 aliphatic carbocycles. The average Bonchev–Trinajstić information content (AvgIpc) is 2.50. The Kier molecular flexibility index (Phi) is 6.10. The van der Waals surface area contributed by atoms with E-state index in [-0.39, 0.29) is 0 Å². The molecule has 0 aromatic rings. The van der Waals surface area contributed by atoms with Crippen LogP contribution in [0.5, 0.6) is 0 Å². The number of nitrogens with zero attached hydrogens (tertiary/aromatic N) is 1. The first-order valence-corrected chi connectivity index (χ1v) is 7.07. The van der Waals surface area contributed by atoms with E-state index in [9.17, 15) is 0 Å². The minimum atomic E-state index is 0.660. The lowest BCUT2D eigenvalue weighted by atomic mass is 9.98. The Labute approximate surface area is 106 Å². The number of likely N-dealkylation sites (tertiary alicyclic amines) is 1. The van der Waals surface area contributed by atoms with Crippen molar-refractivity contribution >= 4 is 17.3 Å². The van der Waals surface area contributed by atoms with Crippen molar-refractivity contribution in [1.29, 1.82) is 0 Å². The highest BCUT2D eigenvalue weighted by atomic mass is 32.1. The second kappa shape index (κ2) is 7.10. The first-order chi connectivity index (χ1) is 7.63. The molecule has 3 heteroatoms. The van der Waals surface area contributed by atoms with Crippen LogP contribution >= 0.6 is 12.2 Å². The monoisotopic (exact) mass is 242 g/mol. The quantitative estimate of drug-likeness (QED) is 0.766. The van der Waals surface area contributed by atoms with Gasteiger partial charge in [-0.05, 0) is 43.3 Å². The van der Waals surface area contributed by atoms with Crippen LogP contribution in [0.4, 0.5) is 0 Å². The van der Waals surface area contributed by atoms with E-state index < -0.39 is 0 Å². The van der Waals surface area contributed by atoms with Crippen LogP contribution in [0.15, 0.2) is 0 Å². The number of hydrogen-bond donors (Lipinski definition) is 1. The van der Waals surface area contributed by atoms with Gasteiger partial charge in [-0.15, -0.1) is 0 Å². The lowest BCUT2D eigenvalue weighted by molar-refractivity contribution is 0.404. The molecule has 16 heavy (non-hydrogen) atoms. The zero-order valence-electron chi connectivity index (χ0n) is 11.0. The van der Waals surface area contributed by atoms with Crippen LogP contribution in [0.1, 0.15) is 46.5 Å². The maximum absolute atomic E-state index is 5.44. The number of thiocarbonyl (C=S) groups is 1. The predicted molar refractivity (Wildman–Crippen MR) is 74.6 cm³/mol. The summed E-state index contributed by atoms with van der Waals surface area (Å²) in [7, 11) is 0. The largest absolute Gasteiger partial charge is 0.362 e. The van der Waals surface area contributed by atoms with Crippen molar-refractivity contribution in [1.82, 2.24) is 10.2 Å². The maximum Gasteiger partial charge on any atom is 0.168 e. The molecule has 0 saturated carbocycles. The minimum Gasteiger partial charge on any atom is -0.362 e. The van der Waals surface area contributed by atoms with Crippen molar-refractivity contribution < 1.29 is 0 Å². The summed E-state index contributed by atoms with van der Waals surface area (Å²) in [5.74, 6) is 1.58. The summed E-state index contributed by atoms with van der Waals surface area (Å²) in [5, 5.41) is 4.33. The second-order valence-electron chi connectivity index (χ2n) is 5.27. The van der Waals surface area contributed by atoms with Crippen molar-refractivity contribution in [3.63, 3.8) is 0 Å². The summed E-state index contributed by atoms with van der Waals surface area (Å²) in [6, 6.07) is 0. The lowest BCUT2D eigenvalue weighted by Crippen LogP contribution is -2.41. The Morgan fingerprint density at radius 3 is 2.75 bits per heavy atom. The van der Waals surface area contributed by atoms with Gasteiger partial charge in [0.05, 0.1) is 0 Å². The molecule has 1 atom stereocenters. The normalized spacial score (nSPS) is 22.0. The van der Waals surface area contributed by atoms with E-state index in [1.54, 1.807) is 0 Å². The molecule has 1 saturated heterocycles. The van der Waals surface area contributed by atoms with Crippen LogP contribution in [-0.4, -0.2) is 29.6 Å². The Morgan fingerprint density at radius 1 is 1.38 bits per heavy atom. The molecule has 94 valence electrons. The SMILES string of the molecule is CCC1CCCN(C(=S)NCC(C)C)CC1. The highest BCUT2D eigenvalue weighted by molar-refractivity contribution is 7.80. The van der Waals surface area contributed by atoms with Gasteiger partial charge in [-0.3, -0.25) is 0 Å². The van der Waals surface area contributed by atoms with Gasteiger partial charge in [0.1, 0.15) is 0 Å². The van der Waals surface area contributed by atoms with Crippen LogP contribution in [-0.2, 0) is 0 Å². The highest BCUT2D eigenvalue weighted by Crippen LogP contribution is 2.20. The van der Waals surface area contributed by atoms with E-state index in [0.29, 0.717) is 5.92 Å². The summed E-state index contributed by atoms with van der Waals surface area (Å²) >= 11 is 5.44. The zero-order chi connectivity index (χ0) is 12.0. The molecule has 1 fully saturated rings. The van der Waals surface area contributed by atoms with Gasteiger partial charge in [0.2, 0.25) is 0 Å². The van der Waals surface area contributed by atoms with Crippen LogP contribution in [0.3, 0.4) is 0 Å². The van der Waals surface area contributed by atoms with Gasteiger partial charge in [-0.1, -0.05) is 27.2 Å². The zero-order valence-corrected chi connectivity index (χ0v) is 11.8. The molecule has 0 aromatic carbocycles. The molecule has 0 spiro atoms. The van der Waals surface area contributed by atoms with Crippen LogP contribution < -0.4 is 5.32 Å². The molecule has 0 aromatic heterocycles. The number of rotatable bonds is 3. The Bertz CT molecular complexity index is 216. The van der Waals surface area contributed by atoms with Crippen molar-refractivity contribution in [2.45, 2.75) is 46.5 Å². The molecule has 2 nitrogen and oxygen atoms in total. The van der Waals surface area contributed by atoms with Gasteiger partial charge in [-0.25, -0.2) is 0 Å². The maximum atomic E-state index is 5.44. The van der Waals surface area contributed by atoms with Crippen molar-refractivity contribution in [3.05, 3.63) is 0 Å². The predicted octanol–water partition coefficient (Wildman–Crippen LogP) is 3.03. The third-order valence-corrected chi connectivity index (χ3v) is 3.78. The Hall–Kier alpha value is -0.310. The molecule has 0 amide bonds. The van der Waals surface area contributed by atoms with E-state index in [0.717, 1.165) is 30.7 Å². The highest BCUT2D eigenvalue weighted by Gasteiger charge is 2.17. The molecular formula is C13H26N2S. The van der Waals surface area contributed by atoms with Crippen molar-refractivity contribution in [3.8, 4) is 0 Å². The molecule has 1 N–H and O–H groups in total. The van der Waals surface area contributed by atoms with Gasteiger partial charge in [-0.2, -0.15) is 0 Å². The standard InChI is InChI=1S/C13H26N2S/c1-4-12-6-5-8-15(9-7-12)13(16)14-10-11(2)3/h11-12H,4-10H2,1-3H3,(H,14,16). The first kappa shape index (κ1) is 13.8. The van der Waals surface area contributed by atoms with Gasteiger partial charge in [0.25, 0.3) is 0 Å². The number of nitrogens with one attached hydrogen (secondary N) is 1. The van der Waals surface area contributed by atoms with E-state index in [2.05, 4.69) is 31.0 Å². The van der Waals surface area contributed by atoms with Crippen molar-refractivity contribution in [2.24, 2.45) is 11.8 Å². The van der Waals surface area contributed by atoms with Crippen LogP contribution in [0, 0.1) is 11.8 Å². The van der Waals surface area contributed by atoms with Crippen LogP contribution in [0.2, 0.25) is 0 Å². The van der Waals surface area contributed by atoms with E-state index in [4.69, 9.17) is 12.2 Å². The van der Waals surface area contributed by atoms with Gasteiger partial charge in [0.15, 0.2) is 5.11 Å². The molecule has 1 unspecified atom stereocenters. The number of hydrogen-bond acceptors (Lipinski definition) is 1. The fraction of sp³-hybridized carbons (Fsp3) is 0.923. The third-order valence-electron chi connectivity index (χ3n) is 3.37. The summed E-state index contributed by atoms with van der Waals surface area (Å²) in [4.78, 5) is 2.35. The van der Waals surface area contributed by atoms with Gasteiger partial charge < -0.3 is 10.2 Å². The average molecular weight is 242 g/mol. The topological polar surface area (TPSA) is 15.3 Å². The lowest BCUT2D eigenvalue weighted by Gasteiger charge is -2.24. The van der Waals surface area contributed by atoms with Crippen molar-refractivity contribution in [2.75, 3.05) is 19.6 Å². The van der Waals surface area contributed by atoms with Crippen LogP contribution in [0.25, 0.3) is 0 Å². The summed E-state index contributed by atoms with van der Waals surface area (Å²) in [6.07, 6.45) is 5.29. The molecule has 1 aliphatic rings. The molecule has 1 aliphatic heterocycles. The molecule has 0 bridgehead atoms. The van der Waals surface area contributed by atoms with Gasteiger partial charge >= 0.3 is 0 Å². The summed E-state index contributed by atoms with van der Waals surface area (Å²) in [6.45, 7) is 10.0. The Morgan fingerprint density at radius 2 is 2.12 bits per heavy atom. The smallest absolute Gasteiger partial charge is 0.168 e. The summed E-state index contributed by atoms with van der Waals surface area (Å²) < 4.78 is 0.